The summed E-state index contributed by atoms with van der Waals surface area (Å²) >= 11 is 2.88. The number of amides is 1. The SMILES string of the molecule is Cc1ccc(NC(=O)Cc2nc(Cn3cnc4scc(-c5ccccc5)c4c3=O)cs2)cc1. The van der Waals surface area contributed by atoms with Crippen LogP contribution in [0, 0.1) is 6.92 Å². The second-order valence-electron chi connectivity index (χ2n) is 7.70. The molecule has 33 heavy (non-hydrogen) atoms. The largest absolute Gasteiger partial charge is 0.326 e. The van der Waals surface area contributed by atoms with Crippen LogP contribution in [-0.4, -0.2) is 20.4 Å². The Balaban J connectivity index is 1.33. The van der Waals surface area contributed by atoms with E-state index in [0.717, 1.165) is 32.9 Å². The lowest BCUT2D eigenvalue weighted by atomic mass is 10.1. The maximum absolute atomic E-state index is 13.2. The van der Waals surface area contributed by atoms with Crippen LogP contribution in [0.2, 0.25) is 0 Å². The van der Waals surface area contributed by atoms with Crippen LogP contribution in [0.25, 0.3) is 21.3 Å². The van der Waals surface area contributed by atoms with Crippen molar-refractivity contribution >= 4 is 44.5 Å². The molecule has 2 aromatic carbocycles. The number of benzene rings is 2. The fourth-order valence-corrected chi connectivity index (χ4v) is 5.26. The zero-order chi connectivity index (χ0) is 22.8. The van der Waals surface area contributed by atoms with Crippen molar-refractivity contribution in [1.82, 2.24) is 14.5 Å². The van der Waals surface area contributed by atoms with Crippen molar-refractivity contribution < 1.29 is 4.79 Å². The molecule has 1 amide bonds. The van der Waals surface area contributed by atoms with E-state index in [1.54, 1.807) is 10.9 Å². The van der Waals surface area contributed by atoms with Gasteiger partial charge in [-0.2, -0.15) is 0 Å². The number of carbonyl (C=O) groups is 1. The van der Waals surface area contributed by atoms with Crippen LogP contribution in [0.5, 0.6) is 0 Å². The normalized spacial score (nSPS) is 11.1. The first kappa shape index (κ1) is 21.2. The molecule has 3 heterocycles. The van der Waals surface area contributed by atoms with Gasteiger partial charge in [-0.05, 0) is 24.6 Å². The molecule has 0 atom stereocenters. The van der Waals surface area contributed by atoms with E-state index in [1.165, 1.54) is 22.7 Å². The maximum Gasteiger partial charge on any atom is 0.263 e. The van der Waals surface area contributed by atoms with Crippen molar-refractivity contribution in [2.24, 2.45) is 0 Å². The van der Waals surface area contributed by atoms with Gasteiger partial charge in [0.25, 0.3) is 5.56 Å². The molecule has 0 saturated carbocycles. The third-order valence-corrected chi connectivity index (χ3v) is 7.01. The summed E-state index contributed by atoms with van der Waals surface area (Å²) in [6.07, 6.45) is 1.76. The number of thiazole rings is 1. The van der Waals surface area contributed by atoms with E-state index in [4.69, 9.17) is 0 Å². The number of hydrogen-bond donors (Lipinski definition) is 1. The van der Waals surface area contributed by atoms with Gasteiger partial charge < -0.3 is 5.32 Å². The molecule has 164 valence electrons. The van der Waals surface area contributed by atoms with Crippen molar-refractivity contribution in [3.8, 4) is 11.1 Å². The number of carbonyl (C=O) groups excluding carboxylic acids is 1. The van der Waals surface area contributed by atoms with Gasteiger partial charge in [-0.15, -0.1) is 22.7 Å². The summed E-state index contributed by atoms with van der Waals surface area (Å²) in [4.78, 5) is 35.4. The molecule has 0 fully saturated rings. The molecule has 0 spiro atoms. The van der Waals surface area contributed by atoms with Crippen LogP contribution in [0.1, 0.15) is 16.3 Å². The summed E-state index contributed by atoms with van der Waals surface area (Å²) in [5.74, 6) is -0.120. The number of anilines is 1. The molecule has 0 saturated heterocycles. The minimum Gasteiger partial charge on any atom is -0.326 e. The molecule has 0 aliphatic rings. The average molecular weight is 473 g/mol. The van der Waals surface area contributed by atoms with E-state index in [-0.39, 0.29) is 17.9 Å². The zero-order valence-corrected chi connectivity index (χ0v) is 19.5. The van der Waals surface area contributed by atoms with Gasteiger partial charge in [-0.1, -0.05) is 48.0 Å². The molecule has 0 radical (unpaired) electrons. The lowest BCUT2D eigenvalue weighted by Crippen LogP contribution is -2.21. The third kappa shape index (κ3) is 4.62. The van der Waals surface area contributed by atoms with Crippen LogP contribution < -0.4 is 10.9 Å². The molecular formula is C25H20N4O2S2. The monoisotopic (exact) mass is 472 g/mol. The average Bonchev–Trinajstić information content (AvgIpc) is 3.45. The van der Waals surface area contributed by atoms with Gasteiger partial charge in [0.1, 0.15) is 9.84 Å². The topological polar surface area (TPSA) is 76.9 Å². The van der Waals surface area contributed by atoms with E-state index in [1.807, 2.05) is 72.3 Å². The lowest BCUT2D eigenvalue weighted by Gasteiger charge is -2.05. The Morgan fingerprint density at radius 1 is 1.03 bits per heavy atom. The molecule has 0 unspecified atom stereocenters. The Hall–Kier alpha value is -3.62. The van der Waals surface area contributed by atoms with E-state index in [2.05, 4.69) is 15.3 Å². The third-order valence-electron chi connectivity index (χ3n) is 5.22. The van der Waals surface area contributed by atoms with E-state index in [9.17, 15) is 9.59 Å². The fourth-order valence-electron chi connectivity index (χ4n) is 3.57. The smallest absolute Gasteiger partial charge is 0.263 e. The van der Waals surface area contributed by atoms with Gasteiger partial charge in [0.15, 0.2) is 0 Å². The van der Waals surface area contributed by atoms with Crippen molar-refractivity contribution in [2.75, 3.05) is 5.32 Å². The Kier molecular flexibility index (Phi) is 5.85. The van der Waals surface area contributed by atoms with Crippen molar-refractivity contribution in [2.45, 2.75) is 19.9 Å². The fraction of sp³-hybridized carbons (Fsp3) is 0.120. The second-order valence-corrected chi connectivity index (χ2v) is 9.50. The van der Waals surface area contributed by atoms with Crippen molar-refractivity contribution in [3.05, 3.63) is 98.3 Å². The summed E-state index contributed by atoms with van der Waals surface area (Å²) in [5, 5.41) is 8.08. The highest BCUT2D eigenvalue weighted by molar-refractivity contribution is 7.17. The maximum atomic E-state index is 13.2. The molecule has 1 N–H and O–H groups in total. The molecule has 8 heteroatoms. The Morgan fingerprint density at radius 2 is 1.82 bits per heavy atom. The summed E-state index contributed by atoms with van der Waals surface area (Å²) in [6.45, 7) is 2.31. The first-order valence-corrected chi connectivity index (χ1v) is 12.1. The summed E-state index contributed by atoms with van der Waals surface area (Å²) in [6, 6.07) is 17.5. The first-order chi connectivity index (χ1) is 16.1. The van der Waals surface area contributed by atoms with Crippen LogP contribution in [0.15, 0.2) is 76.5 Å². The van der Waals surface area contributed by atoms with E-state index < -0.39 is 0 Å². The molecular weight excluding hydrogens is 452 g/mol. The Morgan fingerprint density at radius 3 is 2.61 bits per heavy atom. The highest BCUT2D eigenvalue weighted by Gasteiger charge is 2.14. The molecule has 3 aromatic heterocycles. The quantitative estimate of drug-likeness (QED) is 0.372. The number of hydrogen-bond acceptors (Lipinski definition) is 6. The number of fused-ring (bicyclic) bond motifs is 1. The van der Waals surface area contributed by atoms with Gasteiger partial charge in [0, 0.05) is 22.0 Å². The second kappa shape index (κ2) is 9.09. The molecule has 5 rings (SSSR count). The van der Waals surface area contributed by atoms with Gasteiger partial charge in [-0.3, -0.25) is 14.2 Å². The lowest BCUT2D eigenvalue weighted by molar-refractivity contribution is -0.115. The minimum absolute atomic E-state index is 0.0910. The van der Waals surface area contributed by atoms with E-state index in [0.29, 0.717) is 16.9 Å². The van der Waals surface area contributed by atoms with Crippen molar-refractivity contribution in [1.29, 1.82) is 0 Å². The van der Waals surface area contributed by atoms with Crippen molar-refractivity contribution in [3.63, 3.8) is 0 Å². The summed E-state index contributed by atoms with van der Waals surface area (Å²) < 4.78 is 1.58. The number of aryl methyl sites for hydroxylation is 1. The highest BCUT2D eigenvalue weighted by Crippen LogP contribution is 2.30. The number of nitrogens with zero attached hydrogens (tertiary/aromatic N) is 3. The first-order valence-electron chi connectivity index (χ1n) is 10.4. The van der Waals surface area contributed by atoms with Gasteiger partial charge >= 0.3 is 0 Å². The summed E-state index contributed by atoms with van der Waals surface area (Å²) in [5.41, 5.74) is 4.44. The number of aromatic nitrogens is 3. The van der Waals surface area contributed by atoms with Crippen LogP contribution in [0.3, 0.4) is 0 Å². The predicted octanol–water partition coefficient (Wildman–Crippen LogP) is 5.12. The number of rotatable bonds is 6. The molecule has 0 bridgehead atoms. The van der Waals surface area contributed by atoms with Crippen LogP contribution in [0.4, 0.5) is 5.69 Å². The molecule has 0 aliphatic heterocycles. The Labute approximate surface area is 198 Å². The standard InChI is InChI=1S/C25H20N4O2S2/c1-16-7-9-18(10-8-16)27-21(30)11-22-28-19(13-32-22)12-29-15-26-24-23(25(29)31)20(14-33-24)17-5-3-2-4-6-17/h2-10,13-15H,11-12H2,1H3,(H,27,30). The highest BCUT2D eigenvalue weighted by atomic mass is 32.1. The predicted molar refractivity (Wildman–Crippen MR) is 134 cm³/mol. The van der Waals surface area contributed by atoms with Gasteiger partial charge in [0.05, 0.1) is 30.4 Å². The molecule has 0 aliphatic carbocycles. The van der Waals surface area contributed by atoms with Crippen LogP contribution >= 0.6 is 22.7 Å². The molecule has 5 aromatic rings. The zero-order valence-electron chi connectivity index (χ0n) is 17.8. The number of thiophene rings is 1. The van der Waals surface area contributed by atoms with Gasteiger partial charge in [0.2, 0.25) is 5.91 Å². The summed E-state index contributed by atoms with van der Waals surface area (Å²) in [7, 11) is 0. The molecule has 6 nitrogen and oxygen atoms in total. The van der Waals surface area contributed by atoms with Crippen LogP contribution in [-0.2, 0) is 17.8 Å². The van der Waals surface area contributed by atoms with Gasteiger partial charge in [-0.25, -0.2) is 9.97 Å². The van der Waals surface area contributed by atoms with E-state index >= 15 is 0 Å². The number of nitrogens with one attached hydrogen (secondary N) is 1. The Bertz CT molecular complexity index is 1480. The minimum atomic E-state index is -0.120.